The van der Waals surface area contributed by atoms with Crippen molar-refractivity contribution >= 4 is 27.6 Å². The fourth-order valence-corrected chi connectivity index (χ4v) is 17.0. The van der Waals surface area contributed by atoms with Gasteiger partial charge in [-0.2, -0.15) is 0 Å². The number of hydrogen-bond donors (Lipinski definition) is 1. The number of aliphatic hydroxyl groups is 1. The molecule has 5 heterocycles. The van der Waals surface area contributed by atoms with E-state index in [1.165, 1.54) is 93.9 Å². The van der Waals surface area contributed by atoms with Gasteiger partial charge in [0.2, 0.25) is 5.76 Å². The van der Waals surface area contributed by atoms with Gasteiger partial charge in [0.15, 0.2) is 11.5 Å². The number of aliphatic hydroxyl groups excluding tert-OH is 1. The van der Waals surface area contributed by atoms with Gasteiger partial charge in [-0.3, -0.25) is 4.90 Å². The molecule has 1 N–H and O–H groups in total. The van der Waals surface area contributed by atoms with E-state index >= 15 is 0 Å². The summed E-state index contributed by atoms with van der Waals surface area (Å²) in [5.74, 6) is 6.54. The Labute approximate surface area is 344 Å². The molecule has 9 rings (SSSR count). The molecule has 0 amide bonds. The second-order valence-corrected chi connectivity index (χ2v) is 21.9. The summed E-state index contributed by atoms with van der Waals surface area (Å²) in [5, 5.41) is 13.1. The third kappa shape index (κ3) is 6.84. The summed E-state index contributed by atoms with van der Waals surface area (Å²) in [6.07, 6.45) is 24.6. The Kier molecular flexibility index (Phi) is 11.5. The first kappa shape index (κ1) is 39.6. The first-order valence-corrected chi connectivity index (χ1v) is 25.1. The van der Waals surface area contributed by atoms with E-state index in [0.29, 0.717) is 51.7 Å². The highest BCUT2D eigenvalue weighted by molar-refractivity contribution is 8.76. The number of rotatable bonds is 7. The maximum absolute atomic E-state index is 13.1. The van der Waals surface area contributed by atoms with Crippen LogP contribution in [0.2, 0.25) is 0 Å². The topological polar surface area (TPSA) is 68.2 Å². The summed E-state index contributed by atoms with van der Waals surface area (Å²) in [4.78, 5) is 15.7. The summed E-state index contributed by atoms with van der Waals surface area (Å²) in [6, 6.07) is 10.1. The standard InChI is InChI=1S/C48H67NO5S2/c1-5-6-7-12-32-13-10-14-33(23-32)24-34-25-38-40(50)27-37-35(17-22-48(37)21-11-20-47(48)18-8-9-19-47)28-55-56-29-36-15-16-41-42(39(26-34)49(36)38)30(2)44(53-41)45-43(52-4)31(3)46(51)54-45/h10,13-14,16,23,30,34-40,42,50H,5-9,11-12,15,17-22,24-29H2,1-4H3/t30-,34+,35+,36+,37-,38+,39-,40-,42-,48+/m0/s1. The third-order valence-corrected chi connectivity index (χ3v) is 19.2. The lowest BCUT2D eigenvalue weighted by Gasteiger charge is -2.53. The van der Waals surface area contributed by atoms with Crippen LogP contribution in [0.1, 0.15) is 135 Å². The highest BCUT2D eigenvalue weighted by Gasteiger charge is 2.63. The zero-order valence-corrected chi connectivity index (χ0v) is 36.2. The van der Waals surface area contributed by atoms with E-state index in [9.17, 15) is 9.90 Å². The van der Waals surface area contributed by atoms with E-state index in [0.717, 1.165) is 55.8 Å². The van der Waals surface area contributed by atoms with E-state index in [1.807, 2.05) is 0 Å². The summed E-state index contributed by atoms with van der Waals surface area (Å²) >= 11 is 0. The van der Waals surface area contributed by atoms with Gasteiger partial charge in [-0.15, -0.1) is 0 Å². The van der Waals surface area contributed by atoms with Crippen LogP contribution in [0, 0.1) is 40.4 Å². The maximum atomic E-state index is 13.1. The van der Waals surface area contributed by atoms with Gasteiger partial charge >= 0.3 is 5.97 Å². The first-order chi connectivity index (χ1) is 27.3. The Bertz CT molecular complexity index is 1730. The molecule has 10 atom stereocenters. The molecule has 3 saturated heterocycles. The molecular formula is C48H67NO5S2. The molecule has 2 spiro atoms. The SMILES string of the molecule is CCCCCc1cccc(C[C@@H]2C[C@@H]3[C@@H](O)C[C@H]4[C@H](CC[C@]45CCCC54CCCC4)CSSC[C@H]4CC=C5OC(=C6OC(=O)C(C)=C6OC)[C@@H](C)[C@H]5[C@H](C2)N43)c1. The molecule has 3 saturated carbocycles. The minimum atomic E-state index is -0.356. The fourth-order valence-electron chi connectivity index (χ4n) is 14.2. The van der Waals surface area contributed by atoms with Crippen LogP contribution in [-0.4, -0.2) is 58.8 Å². The van der Waals surface area contributed by atoms with E-state index in [2.05, 4.69) is 70.7 Å². The molecule has 0 unspecified atom stereocenters. The molecule has 6 nitrogen and oxygen atoms in total. The molecular weight excluding hydrogens is 735 g/mol. The molecule has 1 aromatic rings. The lowest BCUT2D eigenvalue weighted by molar-refractivity contribution is -0.133. The van der Waals surface area contributed by atoms with Crippen molar-refractivity contribution in [3.63, 3.8) is 0 Å². The molecule has 3 aliphatic carbocycles. The largest absolute Gasteiger partial charge is 0.492 e. The second kappa shape index (κ2) is 16.3. The number of hydrogen-bond acceptors (Lipinski definition) is 8. The molecule has 8 heteroatoms. The van der Waals surface area contributed by atoms with Gasteiger partial charge in [0.1, 0.15) is 5.76 Å². The highest BCUT2D eigenvalue weighted by atomic mass is 33.1. The number of ether oxygens (including phenoxy) is 3. The lowest BCUT2D eigenvalue weighted by atomic mass is 9.57. The van der Waals surface area contributed by atoms with E-state index < -0.39 is 0 Å². The molecule has 8 aliphatic rings. The van der Waals surface area contributed by atoms with Crippen LogP contribution in [0.25, 0.3) is 0 Å². The first-order valence-electron chi connectivity index (χ1n) is 22.6. The van der Waals surface area contributed by atoms with E-state index in [-0.39, 0.29) is 36.0 Å². The normalized spacial score (nSPS) is 39.5. The van der Waals surface area contributed by atoms with Crippen molar-refractivity contribution < 1.29 is 24.1 Å². The van der Waals surface area contributed by atoms with Gasteiger partial charge in [0.25, 0.3) is 0 Å². The number of carbonyl (C=O) groups excluding carboxylic acids is 1. The predicted molar refractivity (Wildman–Crippen MR) is 228 cm³/mol. The number of unbranched alkanes of at least 4 members (excludes halogenated alkanes) is 2. The van der Waals surface area contributed by atoms with Crippen molar-refractivity contribution in [1.29, 1.82) is 0 Å². The number of benzene rings is 1. The number of esters is 1. The van der Waals surface area contributed by atoms with Gasteiger partial charge < -0.3 is 19.3 Å². The maximum Gasteiger partial charge on any atom is 0.343 e. The van der Waals surface area contributed by atoms with Crippen molar-refractivity contribution in [3.8, 4) is 0 Å². The number of carbonyl (C=O) groups is 1. The Morgan fingerprint density at radius 1 is 0.964 bits per heavy atom. The molecule has 0 bridgehead atoms. The number of piperidine rings is 1. The summed E-state index contributed by atoms with van der Waals surface area (Å²) in [7, 11) is 5.85. The van der Waals surface area contributed by atoms with Gasteiger partial charge in [0.05, 0.1) is 18.8 Å². The Hall–Kier alpha value is -1.87. The third-order valence-electron chi connectivity index (χ3n) is 16.6. The highest BCUT2D eigenvalue weighted by Crippen LogP contribution is 2.71. The van der Waals surface area contributed by atoms with Gasteiger partial charge in [0, 0.05) is 41.5 Å². The molecule has 5 aliphatic heterocycles. The van der Waals surface area contributed by atoms with Crippen molar-refractivity contribution in [3.05, 3.63) is 70.1 Å². The number of nitrogens with zero attached hydrogens (tertiary/aromatic N) is 1. The van der Waals surface area contributed by atoms with Crippen LogP contribution in [-0.2, 0) is 31.8 Å². The van der Waals surface area contributed by atoms with Gasteiger partial charge in [-0.05, 0) is 136 Å². The summed E-state index contributed by atoms with van der Waals surface area (Å²) in [5.41, 5.74) is 4.35. The van der Waals surface area contributed by atoms with E-state index in [4.69, 9.17) is 14.2 Å². The monoisotopic (exact) mass is 801 g/mol. The Balaban J connectivity index is 1.08. The van der Waals surface area contributed by atoms with Crippen LogP contribution < -0.4 is 0 Å². The summed E-state index contributed by atoms with van der Waals surface area (Å²) in [6.45, 7) is 6.32. The number of cyclic esters (lactones) is 1. The van der Waals surface area contributed by atoms with Gasteiger partial charge in [-0.1, -0.05) is 91.8 Å². The molecule has 0 aromatic heterocycles. The second-order valence-electron chi connectivity index (χ2n) is 19.3. The summed E-state index contributed by atoms with van der Waals surface area (Å²) < 4.78 is 18.5. The minimum absolute atomic E-state index is 0.00527. The number of fused-ring (bicyclic) bond motifs is 5. The molecule has 306 valence electrons. The van der Waals surface area contributed by atoms with Crippen LogP contribution in [0.3, 0.4) is 0 Å². The zero-order valence-electron chi connectivity index (χ0n) is 34.6. The smallest absolute Gasteiger partial charge is 0.343 e. The lowest BCUT2D eigenvalue weighted by Crippen LogP contribution is -2.61. The van der Waals surface area contributed by atoms with Crippen molar-refractivity contribution in [2.24, 2.45) is 40.4 Å². The Morgan fingerprint density at radius 2 is 1.75 bits per heavy atom. The minimum Gasteiger partial charge on any atom is -0.492 e. The predicted octanol–water partition coefficient (Wildman–Crippen LogP) is 10.9. The van der Waals surface area contributed by atoms with Gasteiger partial charge in [-0.25, -0.2) is 4.79 Å². The molecule has 6 fully saturated rings. The molecule has 1 aromatic carbocycles. The number of allylic oxidation sites excluding steroid dienone is 1. The van der Waals surface area contributed by atoms with Crippen LogP contribution in [0.15, 0.2) is 59.0 Å². The van der Waals surface area contributed by atoms with Crippen LogP contribution in [0.5, 0.6) is 0 Å². The quantitative estimate of drug-likeness (QED) is 0.166. The van der Waals surface area contributed by atoms with Crippen molar-refractivity contribution in [2.45, 2.75) is 161 Å². The molecule has 56 heavy (non-hydrogen) atoms. The van der Waals surface area contributed by atoms with E-state index in [1.54, 1.807) is 14.0 Å². The van der Waals surface area contributed by atoms with Crippen LogP contribution >= 0.6 is 21.6 Å². The molecule has 0 radical (unpaired) electrons. The van der Waals surface area contributed by atoms with Crippen molar-refractivity contribution in [2.75, 3.05) is 18.6 Å². The van der Waals surface area contributed by atoms with Crippen molar-refractivity contribution in [1.82, 2.24) is 4.90 Å². The average Bonchev–Trinajstić information content (AvgIpc) is 4.00. The average molecular weight is 802 g/mol. The Morgan fingerprint density at radius 3 is 2.57 bits per heavy atom. The fraction of sp³-hybridized carbons (Fsp3) is 0.729. The zero-order chi connectivity index (χ0) is 38.6. The number of aryl methyl sites for hydroxylation is 1. The number of methoxy groups -OCH3 is 1. The van der Waals surface area contributed by atoms with Crippen LogP contribution in [0.4, 0.5) is 0 Å².